The van der Waals surface area contributed by atoms with Gasteiger partial charge in [-0.1, -0.05) is 6.92 Å². The van der Waals surface area contributed by atoms with Crippen LogP contribution in [0.1, 0.15) is 18.9 Å². The van der Waals surface area contributed by atoms with Crippen LogP contribution in [-0.2, 0) is 4.79 Å². The van der Waals surface area contributed by atoms with Crippen molar-refractivity contribution in [3.63, 3.8) is 0 Å². The van der Waals surface area contributed by atoms with Crippen molar-refractivity contribution in [2.24, 2.45) is 4.99 Å². The van der Waals surface area contributed by atoms with Crippen LogP contribution in [0.3, 0.4) is 0 Å². The van der Waals surface area contributed by atoms with Gasteiger partial charge in [-0.05, 0) is 34.5 Å². The molecule has 0 aromatic heterocycles. The van der Waals surface area contributed by atoms with E-state index in [0.717, 1.165) is 6.07 Å². The average Bonchev–Trinajstić information content (AvgIpc) is 2.67. The number of halogens is 3. The molecule has 0 radical (unpaired) electrons. The first kappa shape index (κ1) is 12.2. The number of aliphatic imine (C=N–C) groups is 1. The van der Waals surface area contributed by atoms with E-state index in [1.54, 1.807) is 0 Å². The first-order chi connectivity index (χ1) is 8.04. The molecule has 0 bridgehead atoms. The Bertz CT molecular complexity index is 516. The van der Waals surface area contributed by atoms with Crippen molar-refractivity contribution in [1.29, 1.82) is 0 Å². The van der Waals surface area contributed by atoms with E-state index in [9.17, 15) is 13.6 Å². The van der Waals surface area contributed by atoms with Gasteiger partial charge in [-0.3, -0.25) is 9.79 Å². The number of amides is 1. The van der Waals surface area contributed by atoms with E-state index in [1.165, 1.54) is 6.07 Å². The first-order valence-corrected chi connectivity index (χ1v) is 5.86. The van der Waals surface area contributed by atoms with Gasteiger partial charge in [0.1, 0.15) is 11.9 Å². The van der Waals surface area contributed by atoms with Gasteiger partial charge in [0.05, 0.1) is 4.47 Å². The molecule has 1 N–H and O–H groups in total. The zero-order chi connectivity index (χ0) is 12.6. The molecular formula is C11H9BrF2N2O. The Labute approximate surface area is 105 Å². The summed E-state index contributed by atoms with van der Waals surface area (Å²) < 4.78 is 26.2. The second-order valence-corrected chi connectivity index (χ2v) is 4.41. The number of nitrogens with one attached hydrogen (secondary N) is 1. The molecule has 1 aliphatic heterocycles. The summed E-state index contributed by atoms with van der Waals surface area (Å²) in [5.74, 6) is -1.89. The van der Waals surface area contributed by atoms with E-state index in [0.29, 0.717) is 12.0 Å². The quantitative estimate of drug-likeness (QED) is 0.837. The summed E-state index contributed by atoms with van der Waals surface area (Å²) in [5.41, 5.74) is 0.341. The van der Waals surface area contributed by atoms with Crippen LogP contribution in [0.25, 0.3) is 0 Å². The van der Waals surface area contributed by atoms with Gasteiger partial charge >= 0.3 is 0 Å². The van der Waals surface area contributed by atoms with E-state index in [2.05, 4.69) is 26.2 Å². The fourth-order valence-corrected chi connectivity index (χ4v) is 2.08. The van der Waals surface area contributed by atoms with Crippen LogP contribution in [0.4, 0.5) is 8.78 Å². The van der Waals surface area contributed by atoms with Crippen LogP contribution in [0.5, 0.6) is 0 Å². The number of nitrogens with zero attached hydrogens (tertiary/aromatic N) is 1. The van der Waals surface area contributed by atoms with Crippen LogP contribution < -0.4 is 5.32 Å². The Hall–Kier alpha value is -1.30. The van der Waals surface area contributed by atoms with E-state index in [1.807, 2.05) is 6.92 Å². The standard InChI is InChI=1S/C11H9BrF2N2O/c1-2-7-11(17)16-10(15-7)5-3-4-6(13)9(14)8(5)12/h3-4,7H,2H2,1H3,(H,15,16,17). The number of hydrogen-bond acceptors (Lipinski definition) is 2. The predicted octanol–water partition coefficient (Wildman–Crippen LogP) is 2.38. The van der Waals surface area contributed by atoms with E-state index >= 15 is 0 Å². The summed E-state index contributed by atoms with van der Waals surface area (Å²) >= 11 is 2.96. The molecule has 90 valence electrons. The molecule has 2 rings (SSSR count). The number of benzene rings is 1. The molecule has 1 aromatic rings. The lowest BCUT2D eigenvalue weighted by molar-refractivity contribution is -0.120. The number of carbonyl (C=O) groups is 1. The summed E-state index contributed by atoms with van der Waals surface area (Å²) in [6.45, 7) is 1.83. The second kappa shape index (κ2) is 4.52. The lowest BCUT2D eigenvalue weighted by Crippen LogP contribution is -2.29. The van der Waals surface area contributed by atoms with E-state index in [-0.39, 0.29) is 16.2 Å². The van der Waals surface area contributed by atoms with Crippen molar-refractivity contribution in [1.82, 2.24) is 5.32 Å². The zero-order valence-corrected chi connectivity index (χ0v) is 10.5. The fourth-order valence-electron chi connectivity index (χ4n) is 1.57. The molecule has 0 spiro atoms. The summed E-state index contributed by atoms with van der Waals surface area (Å²) in [6, 6.07) is 1.92. The monoisotopic (exact) mass is 302 g/mol. The predicted molar refractivity (Wildman–Crippen MR) is 62.8 cm³/mol. The smallest absolute Gasteiger partial charge is 0.250 e. The molecule has 1 amide bonds. The van der Waals surface area contributed by atoms with Crippen LogP contribution in [0.2, 0.25) is 0 Å². The maximum atomic E-state index is 13.3. The molecule has 0 saturated carbocycles. The van der Waals surface area contributed by atoms with Gasteiger partial charge in [0, 0.05) is 5.56 Å². The van der Waals surface area contributed by atoms with Crippen LogP contribution in [0, 0.1) is 11.6 Å². The Morgan fingerprint density at radius 3 is 2.76 bits per heavy atom. The SMILES string of the molecule is CCC1N=C(c2ccc(F)c(F)c2Br)NC1=O. The first-order valence-electron chi connectivity index (χ1n) is 5.07. The van der Waals surface area contributed by atoms with Gasteiger partial charge in [-0.25, -0.2) is 8.78 Å². The van der Waals surface area contributed by atoms with Crippen LogP contribution >= 0.6 is 15.9 Å². The van der Waals surface area contributed by atoms with Crippen molar-refractivity contribution in [2.75, 3.05) is 0 Å². The highest BCUT2D eigenvalue weighted by Gasteiger charge is 2.27. The highest BCUT2D eigenvalue weighted by Crippen LogP contribution is 2.24. The van der Waals surface area contributed by atoms with Crippen molar-refractivity contribution < 1.29 is 13.6 Å². The van der Waals surface area contributed by atoms with Crippen LogP contribution in [0.15, 0.2) is 21.6 Å². The fraction of sp³-hybridized carbons (Fsp3) is 0.273. The summed E-state index contributed by atoms with van der Waals surface area (Å²) in [7, 11) is 0. The van der Waals surface area contributed by atoms with Gasteiger partial charge in [0.2, 0.25) is 5.91 Å². The largest absolute Gasteiger partial charge is 0.309 e. The van der Waals surface area contributed by atoms with E-state index in [4.69, 9.17) is 0 Å². The lowest BCUT2D eigenvalue weighted by atomic mass is 10.2. The maximum Gasteiger partial charge on any atom is 0.250 e. The van der Waals surface area contributed by atoms with Gasteiger partial charge in [-0.15, -0.1) is 0 Å². The molecular weight excluding hydrogens is 294 g/mol. The minimum Gasteiger partial charge on any atom is -0.309 e. The Morgan fingerprint density at radius 1 is 1.47 bits per heavy atom. The van der Waals surface area contributed by atoms with E-state index < -0.39 is 17.7 Å². The molecule has 0 saturated heterocycles. The summed E-state index contributed by atoms with van der Waals surface area (Å²) in [4.78, 5) is 15.6. The van der Waals surface area contributed by atoms with Crippen molar-refractivity contribution in [3.05, 3.63) is 33.8 Å². The molecule has 0 fully saturated rings. The topological polar surface area (TPSA) is 41.5 Å². The molecule has 0 aliphatic carbocycles. The third-order valence-corrected chi connectivity index (χ3v) is 3.28. The number of amidine groups is 1. The van der Waals surface area contributed by atoms with Crippen LogP contribution in [-0.4, -0.2) is 17.8 Å². The zero-order valence-electron chi connectivity index (χ0n) is 8.93. The second-order valence-electron chi connectivity index (χ2n) is 3.61. The molecule has 1 atom stereocenters. The Kier molecular flexibility index (Phi) is 3.24. The number of rotatable bonds is 2. The average molecular weight is 303 g/mol. The minimum absolute atomic E-state index is 0.0340. The molecule has 1 aliphatic rings. The number of carbonyl (C=O) groups excluding carboxylic acids is 1. The molecule has 1 aromatic carbocycles. The Balaban J connectivity index is 2.43. The number of hydrogen-bond donors (Lipinski definition) is 1. The Morgan fingerprint density at radius 2 is 2.18 bits per heavy atom. The van der Waals surface area contributed by atoms with Crippen molar-refractivity contribution in [3.8, 4) is 0 Å². The van der Waals surface area contributed by atoms with Crippen molar-refractivity contribution in [2.45, 2.75) is 19.4 Å². The molecule has 1 heterocycles. The van der Waals surface area contributed by atoms with Gasteiger partial charge in [0.15, 0.2) is 11.6 Å². The molecule has 1 unspecified atom stereocenters. The van der Waals surface area contributed by atoms with Gasteiger partial charge in [-0.2, -0.15) is 0 Å². The molecule has 17 heavy (non-hydrogen) atoms. The van der Waals surface area contributed by atoms with Gasteiger partial charge < -0.3 is 5.32 Å². The summed E-state index contributed by atoms with van der Waals surface area (Å²) in [6.07, 6.45) is 0.566. The lowest BCUT2D eigenvalue weighted by Gasteiger charge is -2.05. The molecule has 3 nitrogen and oxygen atoms in total. The molecule has 6 heteroatoms. The third kappa shape index (κ3) is 2.09. The van der Waals surface area contributed by atoms with Gasteiger partial charge in [0.25, 0.3) is 0 Å². The highest BCUT2D eigenvalue weighted by atomic mass is 79.9. The summed E-state index contributed by atoms with van der Waals surface area (Å²) in [5, 5.41) is 2.55. The maximum absolute atomic E-state index is 13.3. The minimum atomic E-state index is -0.987. The van der Waals surface area contributed by atoms with Crippen molar-refractivity contribution >= 4 is 27.7 Å². The third-order valence-electron chi connectivity index (χ3n) is 2.51. The highest BCUT2D eigenvalue weighted by molar-refractivity contribution is 9.10. The normalized spacial score (nSPS) is 19.2.